The second-order valence-electron chi connectivity index (χ2n) is 9.45. The molecule has 2 aromatic heterocycles. The molecule has 0 spiro atoms. The minimum Gasteiger partial charge on any atom is -0.481 e. The van der Waals surface area contributed by atoms with Gasteiger partial charge in [0.05, 0.1) is 27.2 Å². The summed E-state index contributed by atoms with van der Waals surface area (Å²) in [4.78, 5) is 25.8. The van der Waals surface area contributed by atoms with E-state index in [4.69, 9.17) is 16.3 Å². The lowest BCUT2D eigenvalue weighted by atomic mass is 9.66. The summed E-state index contributed by atoms with van der Waals surface area (Å²) in [5.74, 6) is -1.00. The van der Waals surface area contributed by atoms with Crippen LogP contribution >= 0.6 is 11.6 Å². The number of aliphatic hydroxyl groups is 1. The quantitative estimate of drug-likeness (QED) is 0.484. The molecule has 1 saturated carbocycles. The van der Waals surface area contributed by atoms with Crippen molar-refractivity contribution >= 4 is 34.4 Å². The van der Waals surface area contributed by atoms with E-state index < -0.39 is 17.0 Å². The van der Waals surface area contributed by atoms with E-state index >= 15 is 0 Å². The summed E-state index contributed by atoms with van der Waals surface area (Å²) in [6.07, 6.45) is 1.57. The third-order valence-corrected chi connectivity index (χ3v) is 7.09. The highest BCUT2D eigenvalue weighted by atomic mass is 35.5. The van der Waals surface area contributed by atoms with Crippen molar-refractivity contribution in [2.75, 3.05) is 19.0 Å². The van der Waals surface area contributed by atoms with Crippen LogP contribution in [0.1, 0.15) is 39.5 Å². The average molecular weight is 473 g/mol. The number of aliphatic carboxylic acids is 1. The van der Waals surface area contributed by atoms with Gasteiger partial charge < -0.3 is 24.8 Å². The number of pyridine rings is 1. The number of anilines is 1. The lowest BCUT2D eigenvalue weighted by Crippen LogP contribution is -2.52. The maximum absolute atomic E-state index is 11.6. The van der Waals surface area contributed by atoms with Gasteiger partial charge in [0.15, 0.2) is 5.65 Å². The van der Waals surface area contributed by atoms with Crippen LogP contribution in [0.15, 0.2) is 30.3 Å². The molecule has 4 rings (SSSR count). The number of carbonyl (C=O) groups is 1. The van der Waals surface area contributed by atoms with Gasteiger partial charge in [0.25, 0.3) is 6.01 Å². The topological polar surface area (TPSA) is 112 Å². The highest BCUT2D eigenvalue weighted by Crippen LogP contribution is 2.43. The molecule has 0 radical (unpaired) electrons. The van der Waals surface area contributed by atoms with Gasteiger partial charge in [-0.1, -0.05) is 23.7 Å². The predicted octanol–water partition coefficient (Wildman–Crippen LogP) is 4.51. The number of carboxylic acids is 1. The van der Waals surface area contributed by atoms with E-state index in [-0.39, 0.29) is 6.10 Å². The Kier molecular flexibility index (Phi) is 6.01. The minimum atomic E-state index is -1.27. The van der Waals surface area contributed by atoms with Crippen LogP contribution in [0, 0.1) is 5.41 Å². The second kappa shape index (κ2) is 8.50. The largest absolute Gasteiger partial charge is 0.481 e. The number of hydrogen-bond donors (Lipinski definition) is 3. The van der Waals surface area contributed by atoms with Crippen molar-refractivity contribution in [3.05, 3.63) is 35.4 Å². The summed E-state index contributed by atoms with van der Waals surface area (Å²) in [6, 6.07) is 10.1. The molecule has 1 fully saturated rings. The van der Waals surface area contributed by atoms with Gasteiger partial charge in [-0.15, -0.1) is 0 Å². The number of nitrogens with zero attached hydrogens (tertiary/aromatic N) is 3. The third kappa shape index (κ3) is 4.37. The van der Waals surface area contributed by atoms with E-state index in [1.165, 1.54) is 0 Å². The van der Waals surface area contributed by atoms with Crippen LogP contribution in [0.4, 0.5) is 5.69 Å². The number of ether oxygens (including phenoxy) is 1. The number of rotatable bonds is 6. The number of H-pyrrole nitrogens is 1. The average Bonchev–Trinajstić information content (AvgIpc) is 3.15. The van der Waals surface area contributed by atoms with Crippen LogP contribution in [-0.4, -0.2) is 56.9 Å². The van der Waals surface area contributed by atoms with Gasteiger partial charge in [-0.2, -0.15) is 4.98 Å². The van der Waals surface area contributed by atoms with E-state index in [1.807, 2.05) is 43.3 Å². The van der Waals surface area contributed by atoms with Gasteiger partial charge in [-0.25, -0.2) is 4.98 Å². The number of carboxylic acid groups (broad SMARTS) is 1. The van der Waals surface area contributed by atoms with Crippen molar-refractivity contribution in [2.45, 2.75) is 51.2 Å². The molecule has 2 heterocycles. The van der Waals surface area contributed by atoms with Gasteiger partial charge >= 0.3 is 5.97 Å². The number of aromatic amines is 1. The molecular weight excluding hydrogens is 444 g/mol. The molecule has 1 aliphatic rings. The number of nitrogens with one attached hydrogen (secondary N) is 1. The summed E-state index contributed by atoms with van der Waals surface area (Å²) >= 11 is 6.50. The first-order valence-corrected chi connectivity index (χ1v) is 11.3. The highest BCUT2D eigenvalue weighted by molar-refractivity contribution is 6.33. The fraction of sp³-hybridized carbons (Fsp3) is 0.458. The second-order valence-corrected chi connectivity index (χ2v) is 9.86. The Labute approximate surface area is 197 Å². The van der Waals surface area contributed by atoms with E-state index in [0.29, 0.717) is 53.6 Å². The van der Waals surface area contributed by atoms with Gasteiger partial charge in [0.2, 0.25) is 0 Å². The lowest BCUT2D eigenvalue weighted by molar-refractivity contribution is -0.171. The fourth-order valence-electron chi connectivity index (χ4n) is 4.24. The zero-order valence-corrected chi connectivity index (χ0v) is 20.0. The number of fused-ring (bicyclic) bond motifs is 1. The molecule has 8 nitrogen and oxygen atoms in total. The van der Waals surface area contributed by atoms with Crippen LogP contribution in [0.5, 0.6) is 6.01 Å². The van der Waals surface area contributed by atoms with Crippen molar-refractivity contribution in [1.29, 1.82) is 0 Å². The Morgan fingerprint density at radius 1 is 1.21 bits per heavy atom. The smallest absolute Gasteiger partial charge is 0.312 e. The van der Waals surface area contributed by atoms with Crippen LogP contribution < -0.4 is 9.64 Å². The van der Waals surface area contributed by atoms with Crippen LogP contribution in [0.2, 0.25) is 5.02 Å². The minimum absolute atomic E-state index is 0.177. The van der Waals surface area contributed by atoms with Crippen molar-refractivity contribution in [2.24, 2.45) is 5.41 Å². The molecule has 9 heteroatoms. The molecule has 0 unspecified atom stereocenters. The van der Waals surface area contributed by atoms with E-state index in [1.54, 1.807) is 19.9 Å². The first-order valence-electron chi connectivity index (χ1n) is 11.0. The summed E-state index contributed by atoms with van der Waals surface area (Å²) in [6.45, 7) is 3.13. The molecule has 0 amide bonds. The Balaban J connectivity index is 1.50. The molecule has 3 N–H and O–H groups in total. The maximum Gasteiger partial charge on any atom is 0.312 e. The molecule has 0 atom stereocenters. The molecule has 176 valence electrons. The number of hydrogen-bond acceptors (Lipinski definition) is 6. The Morgan fingerprint density at radius 3 is 2.42 bits per heavy atom. The number of imidazole rings is 1. The molecule has 0 aliphatic heterocycles. The normalized spacial score (nSPS) is 21.2. The SMILES string of the molecule is CN(C)c1ccc(-c2nc3nc(O[C@H]4CC[C@](O)(C(C)(C)C(=O)O)CC4)[nH]c3cc2Cl)cc1. The first-order chi connectivity index (χ1) is 15.5. The summed E-state index contributed by atoms with van der Waals surface area (Å²) < 4.78 is 6.02. The number of halogens is 1. The van der Waals surface area contributed by atoms with Gasteiger partial charge in [0, 0.05) is 25.3 Å². The maximum atomic E-state index is 11.6. The molecule has 0 saturated heterocycles. The Morgan fingerprint density at radius 2 is 1.85 bits per heavy atom. The Bertz CT molecular complexity index is 1170. The molecule has 0 bridgehead atoms. The summed E-state index contributed by atoms with van der Waals surface area (Å²) in [7, 11) is 3.97. The standard InChI is InChI=1S/C24H29ClN4O4/c1-23(2,21(30)31)24(32)11-9-16(10-12-24)33-22-26-18-13-17(25)19(27-20(18)28-22)14-5-7-15(8-6-14)29(3)4/h5-8,13,16,32H,9-12H2,1-4H3,(H,30,31)(H,26,27,28)/t16-,24+. The van der Waals surface area contributed by atoms with Crippen LogP contribution in [-0.2, 0) is 4.79 Å². The van der Waals surface area contributed by atoms with Crippen molar-refractivity contribution in [1.82, 2.24) is 15.0 Å². The summed E-state index contributed by atoms with van der Waals surface area (Å²) in [5, 5.41) is 20.9. The number of benzene rings is 1. The van der Waals surface area contributed by atoms with E-state index in [9.17, 15) is 15.0 Å². The number of aromatic nitrogens is 3. The van der Waals surface area contributed by atoms with Crippen molar-refractivity contribution < 1.29 is 19.7 Å². The van der Waals surface area contributed by atoms with E-state index in [2.05, 4.69) is 15.0 Å². The monoisotopic (exact) mass is 472 g/mol. The zero-order chi connectivity index (χ0) is 24.0. The van der Waals surface area contributed by atoms with Crippen LogP contribution in [0.3, 0.4) is 0 Å². The highest BCUT2D eigenvalue weighted by Gasteiger charge is 2.50. The first kappa shape index (κ1) is 23.3. The van der Waals surface area contributed by atoms with Crippen molar-refractivity contribution in [3.63, 3.8) is 0 Å². The van der Waals surface area contributed by atoms with Gasteiger partial charge in [-0.05, 0) is 57.7 Å². The zero-order valence-electron chi connectivity index (χ0n) is 19.2. The fourth-order valence-corrected chi connectivity index (χ4v) is 4.50. The summed E-state index contributed by atoms with van der Waals surface area (Å²) in [5.41, 5.74) is 1.30. The predicted molar refractivity (Wildman–Crippen MR) is 128 cm³/mol. The van der Waals surface area contributed by atoms with Gasteiger partial charge in [0.1, 0.15) is 6.10 Å². The molecular formula is C24H29ClN4O4. The van der Waals surface area contributed by atoms with Crippen molar-refractivity contribution in [3.8, 4) is 17.3 Å². The lowest BCUT2D eigenvalue weighted by Gasteiger charge is -2.44. The van der Waals surface area contributed by atoms with Crippen LogP contribution in [0.25, 0.3) is 22.4 Å². The Hall–Kier alpha value is -2.84. The van der Waals surface area contributed by atoms with Gasteiger partial charge in [-0.3, -0.25) is 4.79 Å². The van der Waals surface area contributed by atoms with E-state index in [0.717, 1.165) is 11.3 Å². The molecule has 1 aliphatic carbocycles. The molecule has 3 aromatic rings. The third-order valence-electron chi connectivity index (χ3n) is 6.80. The molecule has 1 aromatic carbocycles. The molecule has 33 heavy (non-hydrogen) atoms.